The number of likely N-dealkylation sites (tertiary alicyclic amines) is 1. The molecule has 5 fully saturated rings. The zero-order valence-corrected chi connectivity index (χ0v) is 20.3. The highest BCUT2D eigenvalue weighted by molar-refractivity contribution is 8.00. The van der Waals surface area contributed by atoms with Gasteiger partial charge in [0.05, 0.1) is 11.3 Å². The monoisotopic (exact) mass is 455 g/mol. The number of hydrogen-bond acceptors (Lipinski definition) is 4. The lowest BCUT2D eigenvalue weighted by molar-refractivity contribution is -0.124. The molecular weight excluding hydrogens is 418 g/mol. The van der Waals surface area contributed by atoms with Gasteiger partial charge in [-0.2, -0.15) is 0 Å². The molecule has 0 atom stereocenters. The third-order valence-electron chi connectivity index (χ3n) is 8.48. The summed E-state index contributed by atoms with van der Waals surface area (Å²) in [4.78, 5) is 31.4. The summed E-state index contributed by atoms with van der Waals surface area (Å²) < 4.78 is 0. The first kappa shape index (κ1) is 22.3. The fourth-order valence-corrected chi connectivity index (χ4v) is 8.09. The van der Waals surface area contributed by atoms with Crippen molar-refractivity contribution in [3.8, 4) is 0 Å². The van der Waals surface area contributed by atoms with E-state index in [1.54, 1.807) is 0 Å². The molecular formula is C26H37N3O2S. The molecule has 5 aliphatic rings. The highest BCUT2D eigenvalue weighted by Crippen LogP contribution is 2.55. The molecule has 174 valence electrons. The number of nitrogens with one attached hydrogen (secondary N) is 1. The Morgan fingerprint density at radius 1 is 1.06 bits per heavy atom. The van der Waals surface area contributed by atoms with Crippen LogP contribution in [0.5, 0.6) is 0 Å². The van der Waals surface area contributed by atoms with Crippen LogP contribution >= 0.6 is 11.8 Å². The summed E-state index contributed by atoms with van der Waals surface area (Å²) in [5.74, 6) is 3.05. The number of nitrogens with zero attached hydrogens (tertiary/aromatic N) is 2. The molecule has 32 heavy (non-hydrogen) atoms. The van der Waals surface area contributed by atoms with Crippen molar-refractivity contribution in [3.63, 3.8) is 0 Å². The van der Waals surface area contributed by atoms with Gasteiger partial charge in [-0.05, 0) is 101 Å². The minimum atomic E-state index is 0.0517. The Morgan fingerprint density at radius 2 is 1.66 bits per heavy atom. The third-order valence-corrected chi connectivity index (χ3v) is 9.55. The molecule has 0 unspecified atom stereocenters. The molecule has 1 aromatic rings. The van der Waals surface area contributed by atoms with Crippen LogP contribution in [0.1, 0.15) is 61.7 Å². The fourth-order valence-electron chi connectivity index (χ4n) is 7.25. The van der Waals surface area contributed by atoms with Crippen LogP contribution in [-0.2, 0) is 4.79 Å². The normalized spacial score (nSPS) is 32.1. The van der Waals surface area contributed by atoms with Crippen LogP contribution in [0, 0.1) is 17.8 Å². The van der Waals surface area contributed by atoms with Gasteiger partial charge in [-0.25, -0.2) is 0 Å². The maximum Gasteiger partial charge on any atom is 0.254 e. The molecule has 1 heterocycles. The van der Waals surface area contributed by atoms with Gasteiger partial charge in [-0.1, -0.05) is 12.1 Å². The van der Waals surface area contributed by atoms with Gasteiger partial charge >= 0.3 is 0 Å². The van der Waals surface area contributed by atoms with Crippen LogP contribution in [0.25, 0.3) is 0 Å². The number of piperidine rings is 1. The molecule has 1 N–H and O–H groups in total. The number of hydrogen-bond donors (Lipinski definition) is 1. The zero-order valence-electron chi connectivity index (χ0n) is 19.5. The lowest BCUT2D eigenvalue weighted by atomic mass is 9.53. The molecule has 5 nitrogen and oxygen atoms in total. The van der Waals surface area contributed by atoms with E-state index < -0.39 is 0 Å². The zero-order chi connectivity index (χ0) is 22.3. The first-order valence-electron chi connectivity index (χ1n) is 12.4. The first-order valence-corrected chi connectivity index (χ1v) is 13.4. The van der Waals surface area contributed by atoms with Gasteiger partial charge < -0.3 is 15.1 Å². The van der Waals surface area contributed by atoms with Gasteiger partial charge in [0.15, 0.2) is 0 Å². The van der Waals surface area contributed by atoms with Gasteiger partial charge in [-0.15, -0.1) is 11.8 Å². The summed E-state index contributed by atoms with van der Waals surface area (Å²) in [6, 6.07) is 8.07. The molecule has 0 aromatic heterocycles. The summed E-state index contributed by atoms with van der Waals surface area (Å²) in [6.07, 6.45) is 9.69. The van der Waals surface area contributed by atoms with E-state index in [4.69, 9.17) is 0 Å². The van der Waals surface area contributed by atoms with Crippen LogP contribution < -0.4 is 5.32 Å². The average molecular weight is 456 g/mol. The number of amides is 2. The van der Waals surface area contributed by atoms with E-state index in [-0.39, 0.29) is 23.4 Å². The summed E-state index contributed by atoms with van der Waals surface area (Å²) in [6.45, 7) is 2.06. The van der Waals surface area contributed by atoms with Crippen LogP contribution in [0.15, 0.2) is 29.2 Å². The highest BCUT2D eigenvalue weighted by atomic mass is 32.2. The molecule has 4 saturated carbocycles. The predicted molar refractivity (Wildman–Crippen MR) is 129 cm³/mol. The topological polar surface area (TPSA) is 52.7 Å². The van der Waals surface area contributed by atoms with Crippen LogP contribution in [0.2, 0.25) is 0 Å². The van der Waals surface area contributed by atoms with Crippen LogP contribution in [0.3, 0.4) is 0 Å². The summed E-state index contributed by atoms with van der Waals surface area (Å²) in [7, 11) is 4.07. The minimum Gasteiger partial charge on any atom is -0.350 e. The molecule has 4 aliphatic carbocycles. The van der Waals surface area contributed by atoms with E-state index in [1.165, 1.54) is 50.3 Å². The van der Waals surface area contributed by atoms with Crippen molar-refractivity contribution >= 4 is 23.6 Å². The Hall–Kier alpha value is -1.53. The highest BCUT2D eigenvalue weighted by Gasteiger charge is 2.51. The Labute approximate surface area is 196 Å². The quantitative estimate of drug-likeness (QED) is 0.658. The fraction of sp³-hybridized carbons (Fsp3) is 0.692. The number of benzene rings is 1. The first-order chi connectivity index (χ1) is 15.4. The molecule has 4 bridgehead atoms. The molecule has 0 radical (unpaired) electrons. The molecule has 1 aromatic carbocycles. The van der Waals surface area contributed by atoms with E-state index in [2.05, 4.69) is 17.3 Å². The van der Waals surface area contributed by atoms with Gasteiger partial charge in [0.1, 0.15) is 0 Å². The second-order valence-electron chi connectivity index (χ2n) is 11.0. The summed E-state index contributed by atoms with van der Waals surface area (Å²) in [5, 5.41) is 3.46. The predicted octanol–water partition coefficient (Wildman–Crippen LogP) is 4.03. The van der Waals surface area contributed by atoms with E-state index >= 15 is 0 Å². The van der Waals surface area contributed by atoms with Crippen molar-refractivity contribution in [2.24, 2.45) is 17.8 Å². The van der Waals surface area contributed by atoms with Crippen molar-refractivity contribution in [2.45, 2.75) is 67.8 Å². The number of thioether (sulfide) groups is 1. The maximum absolute atomic E-state index is 13.3. The standard InChI is InChI=1S/C26H37N3O2S/c1-28-9-7-21(8-10-28)29(2)25(31)22-5-3-4-6-23(22)32-17-24(30)27-26-14-18-11-19(15-26)13-20(12-18)16-26/h3-6,18-21H,7-17H2,1-2H3,(H,27,30). The second-order valence-corrected chi connectivity index (χ2v) is 12.0. The molecule has 2 amide bonds. The van der Waals surface area contributed by atoms with Gasteiger partial charge in [0.2, 0.25) is 5.91 Å². The number of carbonyl (C=O) groups is 2. The van der Waals surface area contributed by atoms with Crippen LogP contribution in [0.4, 0.5) is 0 Å². The number of carbonyl (C=O) groups excluding carboxylic acids is 2. The molecule has 0 spiro atoms. The SMILES string of the molecule is CN1CCC(N(C)C(=O)c2ccccc2SCC(=O)NC23CC4CC(CC(C4)C2)C3)CC1. The van der Waals surface area contributed by atoms with Crippen molar-refractivity contribution in [3.05, 3.63) is 29.8 Å². The molecule has 1 saturated heterocycles. The molecule has 6 heteroatoms. The van der Waals surface area contributed by atoms with E-state index in [9.17, 15) is 9.59 Å². The van der Waals surface area contributed by atoms with Crippen molar-refractivity contribution in [2.75, 3.05) is 32.9 Å². The van der Waals surface area contributed by atoms with Gasteiger partial charge in [0.25, 0.3) is 5.91 Å². The average Bonchev–Trinajstić information content (AvgIpc) is 2.76. The van der Waals surface area contributed by atoms with Crippen molar-refractivity contribution in [1.29, 1.82) is 0 Å². The lowest BCUT2D eigenvalue weighted by Crippen LogP contribution is -2.60. The van der Waals surface area contributed by atoms with Crippen molar-refractivity contribution < 1.29 is 9.59 Å². The number of rotatable bonds is 6. The molecule has 1 aliphatic heterocycles. The lowest BCUT2D eigenvalue weighted by Gasteiger charge is -2.56. The van der Waals surface area contributed by atoms with E-state index in [0.717, 1.165) is 54.1 Å². The Bertz CT molecular complexity index is 829. The van der Waals surface area contributed by atoms with Crippen molar-refractivity contribution in [1.82, 2.24) is 15.1 Å². The van der Waals surface area contributed by atoms with Gasteiger partial charge in [-0.3, -0.25) is 9.59 Å². The largest absolute Gasteiger partial charge is 0.350 e. The Kier molecular flexibility index (Phi) is 6.28. The maximum atomic E-state index is 13.3. The summed E-state index contributed by atoms with van der Waals surface area (Å²) in [5.41, 5.74) is 0.775. The third kappa shape index (κ3) is 4.58. The van der Waals surface area contributed by atoms with E-state index in [0.29, 0.717) is 5.75 Å². The second kappa shape index (κ2) is 9.02. The summed E-state index contributed by atoms with van der Waals surface area (Å²) >= 11 is 1.51. The van der Waals surface area contributed by atoms with Crippen LogP contribution in [-0.4, -0.2) is 66.1 Å². The molecule has 6 rings (SSSR count). The van der Waals surface area contributed by atoms with E-state index in [1.807, 2.05) is 36.2 Å². The smallest absolute Gasteiger partial charge is 0.254 e. The Morgan fingerprint density at radius 3 is 2.28 bits per heavy atom. The Balaban J connectivity index is 1.20. The minimum absolute atomic E-state index is 0.0517. The van der Waals surface area contributed by atoms with Gasteiger partial charge in [0, 0.05) is 23.5 Å².